The molecule has 2 saturated heterocycles. The molecule has 168 valence electrons. The summed E-state index contributed by atoms with van der Waals surface area (Å²) in [6, 6.07) is 13.8. The molecule has 0 spiro atoms. The standard InChI is InChI=1S/C26H32N4O2/c1-3-28-15-17-29(18-16-28)24-12-9-22(19-20(24)2)27-25(31)13-8-21-6-10-23(11-7-21)30-14-4-5-26(30)32/h6-13,19H,3-5,14-18H2,1-2H3,(H,27,31)/b13-8+. The van der Waals surface area contributed by atoms with E-state index < -0.39 is 0 Å². The van der Waals surface area contributed by atoms with Gasteiger partial charge in [0.1, 0.15) is 0 Å². The van der Waals surface area contributed by atoms with Gasteiger partial charge in [-0.3, -0.25) is 9.59 Å². The van der Waals surface area contributed by atoms with Gasteiger partial charge in [0.25, 0.3) is 0 Å². The van der Waals surface area contributed by atoms with E-state index in [-0.39, 0.29) is 11.8 Å². The first-order chi connectivity index (χ1) is 15.5. The summed E-state index contributed by atoms with van der Waals surface area (Å²) in [7, 11) is 0. The second-order valence-electron chi connectivity index (χ2n) is 8.49. The minimum atomic E-state index is -0.160. The Morgan fingerprint density at radius 2 is 1.78 bits per heavy atom. The highest BCUT2D eigenvalue weighted by atomic mass is 16.2. The topological polar surface area (TPSA) is 55.9 Å². The van der Waals surface area contributed by atoms with Crippen LogP contribution in [0.15, 0.2) is 48.5 Å². The fourth-order valence-corrected chi connectivity index (χ4v) is 4.44. The lowest BCUT2D eigenvalue weighted by molar-refractivity contribution is -0.117. The summed E-state index contributed by atoms with van der Waals surface area (Å²) in [5, 5.41) is 2.96. The zero-order valence-electron chi connectivity index (χ0n) is 19.0. The molecule has 0 saturated carbocycles. The number of likely N-dealkylation sites (N-methyl/N-ethyl adjacent to an activating group) is 1. The lowest BCUT2D eigenvalue weighted by Crippen LogP contribution is -2.46. The summed E-state index contributed by atoms with van der Waals surface area (Å²) in [5.74, 6) is 0.0182. The van der Waals surface area contributed by atoms with Gasteiger partial charge in [0, 0.05) is 62.3 Å². The third-order valence-corrected chi connectivity index (χ3v) is 6.33. The molecule has 6 heteroatoms. The number of nitrogens with one attached hydrogen (secondary N) is 1. The summed E-state index contributed by atoms with van der Waals surface area (Å²) in [6.07, 6.45) is 4.87. The average molecular weight is 433 g/mol. The van der Waals surface area contributed by atoms with Gasteiger partial charge in [0.2, 0.25) is 11.8 Å². The van der Waals surface area contributed by atoms with Crippen molar-refractivity contribution in [2.75, 3.05) is 54.4 Å². The molecule has 0 unspecified atom stereocenters. The number of hydrogen-bond acceptors (Lipinski definition) is 4. The summed E-state index contributed by atoms with van der Waals surface area (Å²) in [4.78, 5) is 31.0. The van der Waals surface area contributed by atoms with Crippen LogP contribution in [-0.2, 0) is 9.59 Å². The predicted octanol–water partition coefficient (Wildman–Crippen LogP) is 3.92. The van der Waals surface area contributed by atoms with E-state index in [9.17, 15) is 9.59 Å². The van der Waals surface area contributed by atoms with Gasteiger partial charge in [-0.05, 0) is 67.4 Å². The van der Waals surface area contributed by atoms with E-state index in [0.717, 1.165) is 62.6 Å². The summed E-state index contributed by atoms with van der Waals surface area (Å²) >= 11 is 0. The molecular weight excluding hydrogens is 400 g/mol. The number of amides is 2. The van der Waals surface area contributed by atoms with Gasteiger partial charge in [-0.2, -0.15) is 0 Å². The maximum absolute atomic E-state index is 12.4. The number of benzene rings is 2. The van der Waals surface area contributed by atoms with Crippen LogP contribution < -0.4 is 15.1 Å². The minimum absolute atomic E-state index is 0.160. The largest absolute Gasteiger partial charge is 0.369 e. The molecule has 0 atom stereocenters. The van der Waals surface area contributed by atoms with E-state index in [4.69, 9.17) is 0 Å². The molecule has 2 fully saturated rings. The highest BCUT2D eigenvalue weighted by Crippen LogP contribution is 2.25. The first-order valence-corrected chi connectivity index (χ1v) is 11.5. The van der Waals surface area contributed by atoms with Crippen LogP contribution in [0, 0.1) is 6.92 Å². The summed E-state index contributed by atoms with van der Waals surface area (Å²) < 4.78 is 0. The van der Waals surface area contributed by atoms with Crippen molar-refractivity contribution in [3.8, 4) is 0 Å². The highest BCUT2D eigenvalue weighted by molar-refractivity contribution is 6.02. The van der Waals surface area contributed by atoms with Crippen LogP contribution in [-0.4, -0.2) is 56.0 Å². The van der Waals surface area contributed by atoms with Gasteiger partial charge in [0.15, 0.2) is 0 Å². The van der Waals surface area contributed by atoms with E-state index in [1.807, 2.05) is 41.3 Å². The van der Waals surface area contributed by atoms with Crippen LogP contribution in [0.25, 0.3) is 6.08 Å². The molecule has 2 aromatic rings. The molecule has 4 rings (SSSR count). The average Bonchev–Trinajstić information content (AvgIpc) is 3.24. The third-order valence-electron chi connectivity index (χ3n) is 6.33. The van der Waals surface area contributed by atoms with Crippen LogP contribution in [0.3, 0.4) is 0 Å². The number of anilines is 3. The van der Waals surface area contributed by atoms with Crippen molar-refractivity contribution in [3.05, 3.63) is 59.7 Å². The Hall–Kier alpha value is -3.12. The quantitative estimate of drug-likeness (QED) is 0.703. The SMILES string of the molecule is CCN1CCN(c2ccc(NC(=O)/C=C/c3ccc(N4CCCC4=O)cc3)cc2C)CC1. The van der Waals surface area contributed by atoms with Gasteiger partial charge in [-0.25, -0.2) is 0 Å². The summed E-state index contributed by atoms with van der Waals surface area (Å²) in [6.45, 7) is 10.4. The molecule has 0 bridgehead atoms. The summed E-state index contributed by atoms with van der Waals surface area (Å²) in [5.41, 5.74) is 5.06. The van der Waals surface area contributed by atoms with E-state index >= 15 is 0 Å². The number of carbonyl (C=O) groups excluding carboxylic acids is 2. The number of hydrogen-bond donors (Lipinski definition) is 1. The first-order valence-electron chi connectivity index (χ1n) is 11.5. The monoisotopic (exact) mass is 432 g/mol. The molecule has 2 aromatic carbocycles. The molecule has 2 heterocycles. The molecule has 2 aliphatic rings. The normalized spacial score (nSPS) is 17.4. The third kappa shape index (κ3) is 5.19. The van der Waals surface area contributed by atoms with E-state index in [0.29, 0.717) is 6.42 Å². The Morgan fingerprint density at radius 1 is 1.03 bits per heavy atom. The smallest absolute Gasteiger partial charge is 0.248 e. The number of rotatable bonds is 6. The Morgan fingerprint density at radius 3 is 2.41 bits per heavy atom. The number of carbonyl (C=O) groups is 2. The fourth-order valence-electron chi connectivity index (χ4n) is 4.44. The number of nitrogens with zero attached hydrogens (tertiary/aromatic N) is 3. The van der Waals surface area contributed by atoms with Gasteiger partial charge in [-0.15, -0.1) is 0 Å². The molecule has 6 nitrogen and oxygen atoms in total. The molecule has 0 radical (unpaired) electrons. The van der Waals surface area contributed by atoms with Crippen LogP contribution in [0.5, 0.6) is 0 Å². The van der Waals surface area contributed by atoms with Crippen LogP contribution in [0.4, 0.5) is 17.1 Å². The van der Waals surface area contributed by atoms with Crippen LogP contribution in [0.2, 0.25) is 0 Å². The molecule has 1 N–H and O–H groups in total. The maximum atomic E-state index is 12.4. The minimum Gasteiger partial charge on any atom is -0.369 e. The van der Waals surface area contributed by atoms with Gasteiger partial charge in [-0.1, -0.05) is 19.1 Å². The molecule has 32 heavy (non-hydrogen) atoms. The Balaban J connectivity index is 1.33. The van der Waals surface area contributed by atoms with Crippen molar-refractivity contribution < 1.29 is 9.59 Å². The van der Waals surface area contributed by atoms with Crippen molar-refractivity contribution in [1.29, 1.82) is 0 Å². The fraction of sp³-hybridized carbons (Fsp3) is 0.385. The molecule has 2 aliphatic heterocycles. The van der Waals surface area contributed by atoms with Crippen LogP contribution >= 0.6 is 0 Å². The van der Waals surface area contributed by atoms with Gasteiger partial charge < -0.3 is 20.0 Å². The lowest BCUT2D eigenvalue weighted by atomic mass is 10.1. The Kier molecular flexibility index (Phi) is 6.90. The Labute approximate surface area is 190 Å². The second kappa shape index (κ2) is 10.0. The van der Waals surface area contributed by atoms with Crippen LogP contribution in [0.1, 0.15) is 30.9 Å². The number of piperazine rings is 1. The van der Waals surface area contributed by atoms with Crippen molar-refractivity contribution in [3.63, 3.8) is 0 Å². The van der Waals surface area contributed by atoms with E-state index in [1.165, 1.54) is 11.3 Å². The molecule has 0 aromatic heterocycles. The van der Waals surface area contributed by atoms with Gasteiger partial charge in [0.05, 0.1) is 0 Å². The van der Waals surface area contributed by atoms with Gasteiger partial charge >= 0.3 is 0 Å². The van der Waals surface area contributed by atoms with Crippen molar-refractivity contribution >= 4 is 35.0 Å². The lowest BCUT2D eigenvalue weighted by Gasteiger charge is -2.36. The first kappa shape index (κ1) is 22.1. The van der Waals surface area contributed by atoms with E-state index in [1.54, 1.807) is 12.2 Å². The van der Waals surface area contributed by atoms with Crippen molar-refractivity contribution in [2.24, 2.45) is 0 Å². The highest BCUT2D eigenvalue weighted by Gasteiger charge is 2.21. The van der Waals surface area contributed by atoms with Crippen molar-refractivity contribution in [1.82, 2.24) is 4.90 Å². The zero-order valence-corrected chi connectivity index (χ0v) is 19.0. The zero-order chi connectivity index (χ0) is 22.5. The molecule has 2 amide bonds. The maximum Gasteiger partial charge on any atom is 0.248 e. The second-order valence-corrected chi connectivity index (χ2v) is 8.49. The molecule has 0 aliphatic carbocycles. The molecular formula is C26H32N4O2. The number of aryl methyl sites for hydroxylation is 1. The predicted molar refractivity (Wildman–Crippen MR) is 131 cm³/mol. The van der Waals surface area contributed by atoms with E-state index in [2.05, 4.69) is 35.0 Å². The Bertz CT molecular complexity index is 991. The van der Waals surface area contributed by atoms with Crippen molar-refractivity contribution in [2.45, 2.75) is 26.7 Å².